The molecule has 0 radical (unpaired) electrons. The summed E-state index contributed by atoms with van der Waals surface area (Å²) in [5.74, 6) is 1.24. The summed E-state index contributed by atoms with van der Waals surface area (Å²) in [7, 11) is 1.58. The highest BCUT2D eigenvalue weighted by molar-refractivity contribution is 5.89. The Morgan fingerprint density at radius 3 is 2.67 bits per heavy atom. The number of carbonyl (C=O) groups excluding carboxylic acids is 1. The molecule has 0 unspecified atom stereocenters. The van der Waals surface area contributed by atoms with E-state index in [0.717, 1.165) is 6.42 Å². The maximum atomic E-state index is 11.7. The summed E-state index contributed by atoms with van der Waals surface area (Å²) in [5, 5.41) is 5.52. The van der Waals surface area contributed by atoms with Crippen LogP contribution in [-0.4, -0.2) is 39.5 Å². The van der Waals surface area contributed by atoms with Gasteiger partial charge in [0, 0.05) is 31.5 Å². The Hall–Kier alpha value is -1.95. The standard InChI is InChI=1S/C15H24N2O4/c1-4-20-10-6-9-16-15(18)17-12-7-8-13(19-3)14(11-12)21-5-2/h7-8,11H,4-6,9-10H2,1-3H3,(H2,16,17,18). The fraction of sp³-hybridized carbons (Fsp3) is 0.533. The Labute approximate surface area is 125 Å². The Kier molecular flexibility index (Phi) is 8.04. The van der Waals surface area contributed by atoms with Crippen molar-refractivity contribution in [1.82, 2.24) is 5.32 Å². The maximum Gasteiger partial charge on any atom is 0.319 e. The van der Waals surface area contributed by atoms with Gasteiger partial charge in [0.15, 0.2) is 11.5 Å². The molecule has 6 nitrogen and oxygen atoms in total. The normalized spacial score (nSPS) is 10.0. The fourth-order valence-corrected chi connectivity index (χ4v) is 1.72. The molecule has 0 saturated heterocycles. The first-order valence-electron chi connectivity index (χ1n) is 7.14. The molecule has 0 aromatic heterocycles. The third-order valence-electron chi connectivity index (χ3n) is 2.68. The van der Waals surface area contributed by atoms with Gasteiger partial charge < -0.3 is 24.8 Å². The van der Waals surface area contributed by atoms with Crippen LogP contribution in [0.5, 0.6) is 11.5 Å². The number of anilines is 1. The van der Waals surface area contributed by atoms with Crippen molar-refractivity contribution in [3.05, 3.63) is 18.2 Å². The molecule has 0 spiro atoms. The summed E-state index contributed by atoms with van der Waals surface area (Å²) in [6.07, 6.45) is 0.786. The quantitative estimate of drug-likeness (QED) is 0.687. The molecule has 0 bridgehead atoms. The van der Waals surface area contributed by atoms with Crippen LogP contribution in [0.2, 0.25) is 0 Å². The zero-order valence-electron chi connectivity index (χ0n) is 12.9. The number of ether oxygens (including phenoxy) is 3. The minimum absolute atomic E-state index is 0.251. The summed E-state index contributed by atoms with van der Waals surface area (Å²) in [4.78, 5) is 11.7. The molecule has 0 heterocycles. The fourth-order valence-electron chi connectivity index (χ4n) is 1.72. The molecule has 1 aromatic carbocycles. The first-order chi connectivity index (χ1) is 10.2. The third kappa shape index (κ3) is 6.35. The molecule has 21 heavy (non-hydrogen) atoms. The van der Waals surface area contributed by atoms with Crippen molar-refractivity contribution in [1.29, 1.82) is 0 Å². The van der Waals surface area contributed by atoms with Gasteiger partial charge in [-0.15, -0.1) is 0 Å². The highest BCUT2D eigenvalue weighted by atomic mass is 16.5. The van der Waals surface area contributed by atoms with Crippen molar-refractivity contribution < 1.29 is 19.0 Å². The molecule has 2 N–H and O–H groups in total. The van der Waals surface area contributed by atoms with Gasteiger partial charge in [0.1, 0.15) is 0 Å². The molecule has 0 atom stereocenters. The van der Waals surface area contributed by atoms with Crippen LogP contribution >= 0.6 is 0 Å². The van der Waals surface area contributed by atoms with Crippen molar-refractivity contribution in [2.75, 3.05) is 38.8 Å². The Bertz CT molecular complexity index is 438. The van der Waals surface area contributed by atoms with Crippen LogP contribution in [-0.2, 0) is 4.74 Å². The van der Waals surface area contributed by atoms with Crippen molar-refractivity contribution >= 4 is 11.7 Å². The smallest absolute Gasteiger partial charge is 0.319 e. The van der Waals surface area contributed by atoms with Crippen LogP contribution in [0.1, 0.15) is 20.3 Å². The van der Waals surface area contributed by atoms with Crippen LogP contribution < -0.4 is 20.1 Å². The summed E-state index contributed by atoms with van der Waals surface area (Å²) < 4.78 is 15.9. The number of carbonyl (C=O) groups is 1. The molecule has 0 aliphatic rings. The van der Waals surface area contributed by atoms with E-state index in [1.165, 1.54) is 0 Å². The van der Waals surface area contributed by atoms with E-state index in [-0.39, 0.29) is 6.03 Å². The van der Waals surface area contributed by atoms with Gasteiger partial charge >= 0.3 is 6.03 Å². The lowest BCUT2D eigenvalue weighted by atomic mass is 10.2. The number of hydrogen-bond donors (Lipinski definition) is 2. The van der Waals surface area contributed by atoms with E-state index in [9.17, 15) is 4.79 Å². The Morgan fingerprint density at radius 1 is 1.19 bits per heavy atom. The average molecular weight is 296 g/mol. The lowest BCUT2D eigenvalue weighted by Gasteiger charge is -2.12. The van der Waals surface area contributed by atoms with Crippen LogP contribution in [0.15, 0.2) is 18.2 Å². The summed E-state index contributed by atoms with van der Waals surface area (Å²) in [6, 6.07) is 5.01. The average Bonchev–Trinajstić information content (AvgIpc) is 2.48. The van der Waals surface area contributed by atoms with Crippen molar-refractivity contribution in [3.8, 4) is 11.5 Å². The monoisotopic (exact) mass is 296 g/mol. The molecule has 1 aromatic rings. The minimum atomic E-state index is -0.251. The van der Waals surface area contributed by atoms with E-state index in [1.807, 2.05) is 13.8 Å². The molecule has 0 aliphatic carbocycles. The maximum absolute atomic E-state index is 11.7. The second kappa shape index (κ2) is 9.88. The highest BCUT2D eigenvalue weighted by Gasteiger charge is 2.07. The van der Waals surface area contributed by atoms with Crippen molar-refractivity contribution in [2.24, 2.45) is 0 Å². The lowest BCUT2D eigenvalue weighted by Crippen LogP contribution is -2.30. The number of benzene rings is 1. The summed E-state index contributed by atoms with van der Waals surface area (Å²) in [6.45, 7) is 6.28. The number of hydrogen-bond acceptors (Lipinski definition) is 4. The molecular weight excluding hydrogens is 272 g/mol. The van der Waals surface area contributed by atoms with E-state index in [1.54, 1.807) is 25.3 Å². The summed E-state index contributed by atoms with van der Waals surface area (Å²) in [5.41, 5.74) is 0.654. The Balaban J connectivity index is 2.46. The van der Waals surface area contributed by atoms with Crippen LogP contribution in [0.25, 0.3) is 0 Å². The van der Waals surface area contributed by atoms with E-state index in [2.05, 4.69) is 10.6 Å². The number of urea groups is 1. The zero-order valence-corrected chi connectivity index (χ0v) is 12.9. The largest absolute Gasteiger partial charge is 0.493 e. The first-order valence-corrected chi connectivity index (χ1v) is 7.14. The number of methoxy groups -OCH3 is 1. The number of nitrogens with one attached hydrogen (secondary N) is 2. The highest BCUT2D eigenvalue weighted by Crippen LogP contribution is 2.30. The van der Waals surface area contributed by atoms with E-state index in [0.29, 0.717) is 43.6 Å². The molecule has 0 saturated carbocycles. The Morgan fingerprint density at radius 2 is 2.00 bits per heavy atom. The predicted octanol–water partition coefficient (Wildman–Crippen LogP) is 2.64. The van der Waals surface area contributed by atoms with Gasteiger partial charge in [-0.3, -0.25) is 0 Å². The molecule has 0 aliphatic heterocycles. The molecule has 6 heteroatoms. The molecule has 0 fully saturated rings. The third-order valence-corrected chi connectivity index (χ3v) is 2.68. The number of rotatable bonds is 9. The van der Waals surface area contributed by atoms with Crippen LogP contribution in [0.4, 0.5) is 10.5 Å². The molecule has 1 rings (SSSR count). The van der Waals surface area contributed by atoms with E-state index >= 15 is 0 Å². The van der Waals surface area contributed by atoms with Gasteiger partial charge in [0.05, 0.1) is 13.7 Å². The van der Waals surface area contributed by atoms with Crippen LogP contribution in [0, 0.1) is 0 Å². The molecule has 118 valence electrons. The molecular formula is C15H24N2O4. The number of amides is 2. The van der Waals surface area contributed by atoms with Crippen molar-refractivity contribution in [2.45, 2.75) is 20.3 Å². The first kappa shape index (κ1) is 17.1. The van der Waals surface area contributed by atoms with Gasteiger partial charge in [0.2, 0.25) is 0 Å². The van der Waals surface area contributed by atoms with E-state index < -0.39 is 0 Å². The van der Waals surface area contributed by atoms with Gasteiger partial charge in [-0.2, -0.15) is 0 Å². The molecule has 2 amide bonds. The van der Waals surface area contributed by atoms with Crippen LogP contribution in [0.3, 0.4) is 0 Å². The second-order valence-corrected chi connectivity index (χ2v) is 4.23. The topological polar surface area (TPSA) is 68.8 Å². The van der Waals surface area contributed by atoms with Crippen molar-refractivity contribution in [3.63, 3.8) is 0 Å². The van der Waals surface area contributed by atoms with E-state index in [4.69, 9.17) is 14.2 Å². The lowest BCUT2D eigenvalue weighted by molar-refractivity contribution is 0.145. The van der Waals surface area contributed by atoms with Gasteiger partial charge in [-0.1, -0.05) is 0 Å². The van der Waals surface area contributed by atoms with Gasteiger partial charge in [0.25, 0.3) is 0 Å². The SMILES string of the molecule is CCOCCCNC(=O)Nc1ccc(OC)c(OCC)c1. The van der Waals surface area contributed by atoms with Gasteiger partial charge in [-0.05, 0) is 32.4 Å². The predicted molar refractivity (Wildman–Crippen MR) is 82.3 cm³/mol. The minimum Gasteiger partial charge on any atom is -0.493 e. The van der Waals surface area contributed by atoms with Gasteiger partial charge in [-0.25, -0.2) is 4.79 Å². The second-order valence-electron chi connectivity index (χ2n) is 4.23. The zero-order chi connectivity index (χ0) is 15.5. The summed E-state index contributed by atoms with van der Waals surface area (Å²) >= 11 is 0.